The molecule has 0 N–H and O–H groups in total. The molecule has 0 spiro atoms. The van der Waals surface area contributed by atoms with E-state index in [4.69, 9.17) is 0 Å². The van der Waals surface area contributed by atoms with E-state index in [1.165, 1.54) is 7.05 Å². The van der Waals surface area contributed by atoms with Crippen LogP contribution in [0, 0.1) is 12.9 Å². The van der Waals surface area contributed by atoms with Gasteiger partial charge in [-0.1, -0.05) is 0 Å². The van der Waals surface area contributed by atoms with Crippen LogP contribution >= 0.6 is 0 Å². The molecule has 0 aliphatic heterocycles. The Morgan fingerprint density at radius 1 is 1.33 bits per heavy atom. The van der Waals surface area contributed by atoms with Crippen molar-refractivity contribution in [1.82, 2.24) is 4.57 Å². The largest absolute Gasteiger partial charge is 0.418 e. The van der Waals surface area contributed by atoms with Crippen molar-refractivity contribution in [2.24, 2.45) is 7.05 Å². The van der Waals surface area contributed by atoms with Crippen LogP contribution in [0.2, 0.25) is 0 Å². The second kappa shape index (κ2) is 2.50. The third kappa shape index (κ3) is 1.31. The Kier molecular flexibility index (Phi) is 1.89. The maximum atomic E-state index is 12.7. The number of nitrogens with zero attached hydrogens (tertiary/aromatic N) is 1. The molecule has 0 saturated heterocycles. The summed E-state index contributed by atoms with van der Waals surface area (Å²) in [6.45, 7) is 1.11. The molecule has 12 heavy (non-hydrogen) atoms. The van der Waals surface area contributed by atoms with Crippen LogP contribution in [0.3, 0.4) is 0 Å². The van der Waals surface area contributed by atoms with Crippen LogP contribution in [0.4, 0.5) is 17.6 Å². The first-order valence-corrected chi connectivity index (χ1v) is 3.22. The molecule has 0 aliphatic rings. The fourth-order valence-electron chi connectivity index (χ4n) is 1.01. The molecule has 0 amide bonds. The summed E-state index contributed by atoms with van der Waals surface area (Å²) in [6.07, 6.45) is -3.73. The predicted molar refractivity (Wildman–Crippen MR) is 35.1 cm³/mol. The van der Waals surface area contributed by atoms with E-state index >= 15 is 0 Å². The van der Waals surface area contributed by atoms with Crippen LogP contribution in [0.1, 0.15) is 11.1 Å². The molecule has 0 atom stereocenters. The van der Waals surface area contributed by atoms with E-state index in [1.807, 2.05) is 0 Å². The van der Waals surface area contributed by atoms with Gasteiger partial charge in [-0.25, -0.2) is 0 Å². The van der Waals surface area contributed by atoms with Crippen LogP contribution in [-0.2, 0) is 13.2 Å². The Balaban J connectivity index is 3.28. The van der Waals surface area contributed by atoms with E-state index < -0.39 is 17.7 Å². The molecule has 1 heterocycles. The zero-order valence-electron chi connectivity index (χ0n) is 6.54. The van der Waals surface area contributed by atoms with Gasteiger partial charge in [0, 0.05) is 18.8 Å². The van der Waals surface area contributed by atoms with Crippen LogP contribution in [0.25, 0.3) is 0 Å². The van der Waals surface area contributed by atoms with Crippen molar-refractivity contribution >= 4 is 0 Å². The zero-order chi connectivity index (χ0) is 9.52. The van der Waals surface area contributed by atoms with E-state index in [9.17, 15) is 17.6 Å². The maximum absolute atomic E-state index is 12.7. The molecular weight excluding hydrogens is 174 g/mol. The Bertz CT molecular complexity index is 297. The normalized spacial score (nSPS) is 12.2. The number of halogens is 4. The summed E-state index contributed by atoms with van der Waals surface area (Å²) in [4.78, 5) is 0. The predicted octanol–water partition coefficient (Wildman–Crippen LogP) is 2.49. The monoisotopic (exact) mass is 181 g/mol. The fraction of sp³-hybridized carbons (Fsp3) is 0.429. The first kappa shape index (κ1) is 9.09. The van der Waals surface area contributed by atoms with E-state index in [1.54, 1.807) is 0 Å². The second-order valence-corrected chi connectivity index (χ2v) is 2.57. The maximum Gasteiger partial charge on any atom is 0.418 e. The van der Waals surface area contributed by atoms with Crippen LogP contribution in [0.5, 0.6) is 0 Å². The number of alkyl halides is 3. The highest BCUT2D eigenvalue weighted by Gasteiger charge is 2.35. The summed E-state index contributed by atoms with van der Waals surface area (Å²) in [5, 5.41) is 0. The van der Waals surface area contributed by atoms with E-state index in [2.05, 4.69) is 0 Å². The SMILES string of the molecule is Cc1c(C(F)(F)F)cn(C)c1F. The lowest BCUT2D eigenvalue weighted by molar-refractivity contribution is -0.138. The number of aryl methyl sites for hydroxylation is 1. The minimum Gasteiger partial charge on any atom is -0.327 e. The molecule has 0 aromatic carbocycles. The Labute approximate surface area is 66.6 Å². The number of rotatable bonds is 0. The van der Waals surface area contributed by atoms with E-state index in [0.717, 1.165) is 17.7 Å². The van der Waals surface area contributed by atoms with Crippen molar-refractivity contribution in [2.75, 3.05) is 0 Å². The van der Waals surface area contributed by atoms with Gasteiger partial charge in [0.1, 0.15) is 0 Å². The summed E-state index contributed by atoms with van der Waals surface area (Å²) in [6, 6.07) is 0. The molecular formula is C7H7F4N. The van der Waals surface area contributed by atoms with Gasteiger partial charge in [0.2, 0.25) is 0 Å². The number of hydrogen-bond donors (Lipinski definition) is 0. The van der Waals surface area contributed by atoms with Gasteiger partial charge in [0.25, 0.3) is 0 Å². The van der Waals surface area contributed by atoms with Crippen molar-refractivity contribution in [3.63, 3.8) is 0 Å². The molecule has 68 valence electrons. The molecule has 0 aliphatic carbocycles. The molecule has 1 aromatic heterocycles. The van der Waals surface area contributed by atoms with E-state index in [0.29, 0.717) is 0 Å². The minimum atomic E-state index is -4.47. The lowest BCUT2D eigenvalue weighted by Gasteiger charge is -2.03. The summed E-state index contributed by atoms with van der Waals surface area (Å²) in [5.74, 6) is -0.845. The molecule has 0 saturated carbocycles. The molecule has 1 nitrogen and oxygen atoms in total. The lowest BCUT2D eigenvalue weighted by Crippen LogP contribution is -2.05. The Morgan fingerprint density at radius 3 is 2.00 bits per heavy atom. The molecule has 0 radical (unpaired) electrons. The standard InChI is InChI=1S/C7H7F4N/c1-4-5(7(9,10)11)3-12(2)6(4)8/h3H,1-2H3. The van der Waals surface area contributed by atoms with Crippen molar-refractivity contribution in [1.29, 1.82) is 0 Å². The number of aromatic nitrogens is 1. The van der Waals surface area contributed by atoms with Crippen LogP contribution in [-0.4, -0.2) is 4.57 Å². The first-order chi connectivity index (χ1) is 5.34. The molecule has 5 heteroatoms. The summed E-state index contributed by atoms with van der Waals surface area (Å²) in [7, 11) is 1.23. The third-order valence-corrected chi connectivity index (χ3v) is 1.65. The fourth-order valence-corrected chi connectivity index (χ4v) is 1.01. The molecule has 0 fully saturated rings. The van der Waals surface area contributed by atoms with Gasteiger partial charge in [0.05, 0.1) is 5.56 Å². The minimum absolute atomic E-state index is 0.356. The van der Waals surface area contributed by atoms with Crippen LogP contribution < -0.4 is 0 Å². The average Bonchev–Trinajstić information content (AvgIpc) is 2.15. The van der Waals surface area contributed by atoms with Crippen LogP contribution in [0.15, 0.2) is 6.20 Å². The molecule has 1 aromatic rings. The smallest absolute Gasteiger partial charge is 0.327 e. The zero-order valence-corrected chi connectivity index (χ0v) is 6.54. The highest BCUT2D eigenvalue weighted by Crippen LogP contribution is 2.33. The topological polar surface area (TPSA) is 4.93 Å². The lowest BCUT2D eigenvalue weighted by atomic mass is 10.2. The number of hydrogen-bond acceptors (Lipinski definition) is 0. The van der Waals surface area contributed by atoms with Gasteiger partial charge in [-0.05, 0) is 6.92 Å². The van der Waals surface area contributed by atoms with Crippen molar-refractivity contribution < 1.29 is 17.6 Å². The quantitative estimate of drug-likeness (QED) is 0.542. The Hall–Kier alpha value is -1.00. The average molecular weight is 181 g/mol. The first-order valence-electron chi connectivity index (χ1n) is 3.22. The highest BCUT2D eigenvalue weighted by atomic mass is 19.4. The molecule has 0 bridgehead atoms. The van der Waals surface area contributed by atoms with Gasteiger partial charge < -0.3 is 4.57 Å². The summed E-state index contributed by atoms with van der Waals surface area (Å²) < 4.78 is 49.7. The third-order valence-electron chi connectivity index (χ3n) is 1.65. The Morgan fingerprint density at radius 2 is 1.83 bits per heavy atom. The van der Waals surface area contributed by atoms with Gasteiger partial charge in [0.15, 0.2) is 5.95 Å². The van der Waals surface area contributed by atoms with E-state index in [-0.39, 0.29) is 5.56 Å². The van der Waals surface area contributed by atoms with Crippen molar-refractivity contribution in [3.8, 4) is 0 Å². The molecule has 0 unspecified atom stereocenters. The second-order valence-electron chi connectivity index (χ2n) is 2.57. The van der Waals surface area contributed by atoms with Gasteiger partial charge in [-0.2, -0.15) is 17.6 Å². The van der Waals surface area contributed by atoms with Crippen molar-refractivity contribution in [2.45, 2.75) is 13.1 Å². The summed E-state index contributed by atoms with van der Waals surface area (Å²) in [5.41, 5.74) is -1.27. The summed E-state index contributed by atoms with van der Waals surface area (Å²) >= 11 is 0. The van der Waals surface area contributed by atoms with Gasteiger partial charge in [-0.3, -0.25) is 0 Å². The van der Waals surface area contributed by atoms with Crippen molar-refractivity contribution in [3.05, 3.63) is 23.3 Å². The highest BCUT2D eigenvalue weighted by molar-refractivity contribution is 5.26. The van der Waals surface area contributed by atoms with Gasteiger partial charge >= 0.3 is 6.18 Å². The van der Waals surface area contributed by atoms with Gasteiger partial charge in [-0.15, -0.1) is 0 Å². The molecule has 1 rings (SSSR count).